The maximum atomic E-state index is 12.0. The Balaban J connectivity index is 2.05. The molecule has 0 atom stereocenters. The maximum absolute atomic E-state index is 12.0. The van der Waals surface area contributed by atoms with Gasteiger partial charge in [0, 0.05) is 23.3 Å². The lowest BCUT2D eigenvalue weighted by atomic mass is 10.2. The Bertz CT molecular complexity index is 1000. The van der Waals surface area contributed by atoms with E-state index >= 15 is 0 Å². The van der Waals surface area contributed by atoms with Crippen molar-refractivity contribution in [1.82, 2.24) is 10.9 Å². The van der Waals surface area contributed by atoms with E-state index < -0.39 is 11.8 Å². The van der Waals surface area contributed by atoms with E-state index in [1.54, 1.807) is 24.3 Å². The fraction of sp³-hybridized carbons (Fsp3) is 0.273. The van der Waals surface area contributed by atoms with E-state index in [0.29, 0.717) is 45.6 Å². The van der Waals surface area contributed by atoms with Gasteiger partial charge in [0.25, 0.3) is 0 Å². The molecule has 0 saturated carbocycles. The number of hydrazone groups is 2. The summed E-state index contributed by atoms with van der Waals surface area (Å²) >= 11 is 0. The summed E-state index contributed by atoms with van der Waals surface area (Å²) in [4.78, 5) is 24.0. The molecule has 0 heterocycles. The first-order chi connectivity index (χ1) is 16.4. The zero-order valence-electron chi connectivity index (χ0n) is 19.6. The molecule has 34 heavy (non-hydrogen) atoms. The number of nitrogens with one attached hydrogen (secondary N) is 2. The Morgan fingerprint density at radius 3 is 1.15 bits per heavy atom. The highest BCUT2D eigenvalue weighted by atomic mass is 16.5. The molecule has 0 aliphatic heterocycles. The van der Waals surface area contributed by atoms with Gasteiger partial charge in [-0.3, -0.25) is 9.59 Å². The average Bonchev–Trinajstić information content (AvgIpc) is 2.87. The van der Waals surface area contributed by atoms with Crippen LogP contribution in [0.3, 0.4) is 0 Å². The van der Waals surface area contributed by atoms with Gasteiger partial charge in [0.05, 0.1) is 55.1 Å². The molecule has 0 aliphatic carbocycles. The SMILES string of the molecule is COc1cc(OC)c(OC)cc1/C=N\NC(=O)C(=O)N/N=C\c1cc(OC)c(OC)cc1OC. The van der Waals surface area contributed by atoms with Crippen LogP contribution in [0.2, 0.25) is 0 Å². The first-order valence-electron chi connectivity index (χ1n) is 9.68. The lowest BCUT2D eigenvalue weighted by molar-refractivity contribution is -0.139. The number of carbonyl (C=O) groups excluding carboxylic acids is 2. The molecule has 0 saturated heterocycles. The van der Waals surface area contributed by atoms with E-state index in [1.165, 1.54) is 55.1 Å². The molecule has 2 rings (SSSR count). The van der Waals surface area contributed by atoms with E-state index in [2.05, 4.69) is 21.1 Å². The van der Waals surface area contributed by atoms with E-state index in [4.69, 9.17) is 28.4 Å². The van der Waals surface area contributed by atoms with Gasteiger partial charge in [-0.2, -0.15) is 10.2 Å². The lowest BCUT2D eigenvalue weighted by Gasteiger charge is -2.11. The third-order valence-electron chi connectivity index (χ3n) is 4.42. The molecule has 12 nitrogen and oxygen atoms in total. The molecule has 182 valence electrons. The van der Waals surface area contributed by atoms with Gasteiger partial charge in [-0.15, -0.1) is 0 Å². The van der Waals surface area contributed by atoms with Crippen molar-refractivity contribution in [3.05, 3.63) is 35.4 Å². The quantitative estimate of drug-likeness (QED) is 0.299. The van der Waals surface area contributed by atoms with Crippen molar-refractivity contribution >= 4 is 24.2 Å². The zero-order valence-corrected chi connectivity index (χ0v) is 19.6. The van der Waals surface area contributed by atoms with E-state index in [-0.39, 0.29) is 0 Å². The van der Waals surface area contributed by atoms with Gasteiger partial charge in [0.15, 0.2) is 23.0 Å². The third-order valence-corrected chi connectivity index (χ3v) is 4.42. The molecule has 0 fully saturated rings. The van der Waals surface area contributed by atoms with Gasteiger partial charge < -0.3 is 28.4 Å². The number of hydrogen-bond acceptors (Lipinski definition) is 10. The molecule has 0 radical (unpaired) electrons. The highest BCUT2D eigenvalue weighted by Gasteiger charge is 2.14. The van der Waals surface area contributed by atoms with E-state index in [1.807, 2.05) is 0 Å². The molecule has 2 aromatic carbocycles. The fourth-order valence-electron chi connectivity index (χ4n) is 2.73. The minimum Gasteiger partial charge on any atom is -0.496 e. The van der Waals surface area contributed by atoms with Crippen molar-refractivity contribution in [2.45, 2.75) is 0 Å². The predicted molar refractivity (Wildman–Crippen MR) is 124 cm³/mol. The van der Waals surface area contributed by atoms with E-state index in [9.17, 15) is 9.59 Å². The number of carbonyl (C=O) groups is 2. The maximum Gasteiger partial charge on any atom is 0.331 e. The molecule has 0 bridgehead atoms. The molecule has 2 aromatic rings. The standard InChI is InChI=1S/C22H26N4O8/c1-29-15-9-19(33-5)17(31-3)7-13(15)11-23-25-21(27)22(28)26-24-12-14-8-18(32-4)20(34-6)10-16(14)30-2/h7-12H,1-6H3,(H,25,27)(H,26,28)/b23-11-,24-12-. The van der Waals surface area contributed by atoms with Crippen LogP contribution in [0.1, 0.15) is 11.1 Å². The van der Waals surface area contributed by atoms with Gasteiger partial charge in [-0.25, -0.2) is 10.9 Å². The minimum atomic E-state index is -1.04. The summed E-state index contributed by atoms with van der Waals surface area (Å²) < 4.78 is 31.4. The van der Waals surface area contributed by atoms with Crippen LogP contribution in [0.25, 0.3) is 0 Å². The van der Waals surface area contributed by atoms with Crippen LogP contribution in [0.15, 0.2) is 34.5 Å². The molecule has 0 aromatic heterocycles. The molecule has 0 aliphatic rings. The second-order valence-corrected chi connectivity index (χ2v) is 6.30. The van der Waals surface area contributed by atoms with E-state index in [0.717, 1.165) is 0 Å². The van der Waals surface area contributed by atoms with Crippen LogP contribution in [-0.4, -0.2) is 66.9 Å². The van der Waals surface area contributed by atoms with Crippen molar-refractivity contribution in [3.63, 3.8) is 0 Å². The normalized spacial score (nSPS) is 10.6. The van der Waals surface area contributed by atoms with Crippen LogP contribution in [-0.2, 0) is 9.59 Å². The molecular formula is C22H26N4O8. The smallest absolute Gasteiger partial charge is 0.331 e. The number of rotatable bonds is 10. The number of methoxy groups -OCH3 is 6. The first-order valence-corrected chi connectivity index (χ1v) is 9.68. The van der Waals surface area contributed by atoms with Crippen LogP contribution in [0.5, 0.6) is 34.5 Å². The van der Waals surface area contributed by atoms with Crippen LogP contribution < -0.4 is 39.3 Å². The van der Waals surface area contributed by atoms with Crippen molar-refractivity contribution in [2.24, 2.45) is 10.2 Å². The molecule has 12 heteroatoms. The van der Waals surface area contributed by atoms with Gasteiger partial charge >= 0.3 is 11.8 Å². The molecule has 2 N–H and O–H groups in total. The van der Waals surface area contributed by atoms with Gasteiger partial charge in [-0.1, -0.05) is 0 Å². The van der Waals surface area contributed by atoms with Crippen LogP contribution >= 0.6 is 0 Å². The topological polar surface area (TPSA) is 138 Å². The Hall–Kier alpha value is -4.48. The highest BCUT2D eigenvalue weighted by molar-refractivity contribution is 6.35. The summed E-state index contributed by atoms with van der Waals surface area (Å²) in [5.41, 5.74) is 5.19. The third kappa shape index (κ3) is 6.28. The summed E-state index contributed by atoms with van der Waals surface area (Å²) in [6.45, 7) is 0. The minimum absolute atomic E-state index is 0.425. The number of benzene rings is 2. The first kappa shape index (κ1) is 25.8. The number of hydrogen-bond donors (Lipinski definition) is 2. The molecule has 0 unspecified atom stereocenters. The van der Waals surface area contributed by atoms with Crippen molar-refractivity contribution in [2.75, 3.05) is 42.7 Å². The number of ether oxygens (including phenoxy) is 6. The summed E-state index contributed by atoms with van der Waals surface area (Å²) in [6.07, 6.45) is 2.59. The summed E-state index contributed by atoms with van der Waals surface area (Å²) in [5.74, 6) is 0.580. The Morgan fingerprint density at radius 1 is 0.559 bits per heavy atom. The van der Waals surface area contributed by atoms with Crippen molar-refractivity contribution < 1.29 is 38.0 Å². The van der Waals surface area contributed by atoms with Crippen LogP contribution in [0, 0.1) is 0 Å². The zero-order chi connectivity index (χ0) is 25.1. The van der Waals surface area contributed by atoms with Gasteiger partial charge in [-0.05, 0) is 12.1 Å². The number of nitrogens with zero attached hydrogens (tertiary/aromatic N) is 2. The Morgan fingerprint density at radius 2 is 0.853 bits per heavy atom. The average molecular weight is 474 g/mol. The molecule has 2 amide bonds. The molecular weight excluding hydrogens is 448 g/mol. The predicted octanol–water partition coefficient (Wildman–Crippen LogP) is 1.34. The Kier molecular flexibility index (Phi) is 9.50. The van der Waals surface area contributed by atoms with Crippen molar-refractivity contribution in [1.29, 1.82) is 0 Å². The second kappa shape index (κ2) is 12.5. The van der Waals surface area contributed by atoms with Gasteiger partial charge in [0.1, 0.15) is 11.5 Å². The summed E-state index contributed by atoms with van der Waals surface area (Å²) in [7, 11) is 8.89. The summed E-state index contributed by atoms with van der Waals surface area (Å²) in [6, 6.07) is 6.42. The van der Waals surface area contributed by atoms with Crippen molar-refractivity contribution in [3.8, 4) is 34.5 Å². The fourth-order valence-corrected chi connectivity index (χ4v) is 2.73. The highest BCUT2D eigenvalue weighted by Crippen LogP contribution is 2.34. The largest absolute Gasteiger partial charge is 0.496 e. The van der Waals surface area contributed by atoms with Gasteiger partial charge in [0.2, 0.25) is 0 Å². The monoisotopic (exact) mass is 474 g/mol. The lowest BCUT2D eigenvalue weighted by Crippen LogP contribution is -2.35. The van der Waals surface area contributed by atoms with Crippen LogP contribution in [0.4, 0.5) is 0 Å². The summed E-state index contributed by atoms with van der Waals surface area (Å²) in [5, 5.41) is 7.55. The molecule has 0 spiro atoms. The second-order valence-electron chi connectivity index (χ2n) is 6.30. The Labute approximate surface area is 196 Å². The number of amides is 2.